The van der Waals surface area contributed by atoms with E-state index in [1.54, 1.807) is 0 Å². The molecule has 0 saturated carbocycles. The summed E-state index contributed by atoms with van der Waals surface area (Å²) in [4.78, 5) is 1.85. The molecule has 1 N–H and O–H groups in total. The van der Waals surface area contributed by atoms with Crippen LogP contribution in [-0.4, -0.2) is 19.6 Å². The summed E-state index contributed by atoms with van der Waals surface area (Å²) in [5, 5.41) is 0. The molecule has 1 fully saturated rings. The van der Waals surface area contributed by atoms with E-state index in [9.17, 15) is 25.2 Å². The molecule has 0 aromatic carbocycles. The van der Waals surface area contributed by atoms with Crippen LogP contribution in [0.1, 0.15) is 39.5 Å². The van der Waals surface area contributed by atoms with Gasteiger partial charge in [0.2, 0.25) is 0 Å². The molecule has 114 valence electrons. The van der Waals surface area contributed by atoms with E-state index in [4.69, 9.17) is 0 Å². The molecule has 2 unspecified atom stereocenters. The Bertz CT molecular complexity index is 237. The van der Waals surface area contributed by atoms with Crippen LogP contribution in [0.4, 0.5) is 25.2 Å². The summed E-state index contributed by atoms with van der Waals surface area (Å²) in [5.41, 5.74) is 0. The summed E-state index contributed by atoms with van der Waals surface area (Å²) < 4.78 is 59.2. The molecule has 0 aromatic heterocycles. The van der Waals surface area contributed by atoms with E-state index in [1.807, 2.05) is 4.90 Å². The van der Waals surface area contributed by atoms with E-state index in [0.29, 0.717) is 0 Å². The third-order valence-corrected chi connectivity index (χ3v) is 2.75. The first-order valence-corrected chi connectivity index (χ1v) is 8.20. The maximum absolute atomic E-state index is 10.7. The van der Waals surface area contributed by atoms with Crippen LogP contribution in [0.25, 0.3) is 0 Å². The molecule has 1 aliphatic heterocycles. The Balaban J connectivity index is 0.000000360. The Kier molecular flexibility index (Phi) is 5.52. The SMILES string of the molecule is CCCC[NH+]1CCCC(C)C1.F[P-](F)(F)(F)(F)F. The van der Waals surface area contributed by atoms with Crippen LogP contribution in [-0.2, 0) is 0 Å². The number of hydrogen-bond donors (Lipinski definition) is 1. The second-order valence-electron chi connectivity index (χ2n) is 5.01. The van der Waals surface area contributed by atoms with E-state index in [2.05, 4.69) is 13.8 Å². The second-order valence-corrected chi connectivity index (χ2v) is 6.93. The molecule has 0 aromatic rings. The number of quaternary nitrogens is 1. The summed E-state index contributed by atoms with van der Waals surface area (Å²) in [5.74, 6) is 0.982. The molecular weight excluding hydrogens is 279 g/mol. The van der Waals surface area contributed by atoms with Gasteiger partial charge >= 0.3 is 33.0 Å². The van der Waals surface area contributed by atoms with Crippen LogP contribution < -0.4 is 4.90 Å². The van der Waals surface area contributed by atoms with Crippen molar-refractivity contribution in [1.82, 2.24) is 0 Å². The number of halogens is 6. The Morgan fingerprint density at radius 1 is 1.11 bits per heavy atom. The number of unbranched alkanes of at least 4 members (excludes halogenated alkanes) is 1. The van der Waals surface area contributed by atoms with Gasteiger partial charge in [-0.05, 0) is 19.3 Å². The van der Waals surface area contributed by atoms with Crippen molar-refractivity contribution in [1.29, 1.82) is 0 Å². The molecule has 0 amide bonds. The van der Waals surface area contributed by atoms with Crippen LogP contribution in [0.3, 0.4) is 0 Å². The zero-order chi connectivity index (χ0) is 14.5. The topological polar surface area (TPSA) is 4.44 Å². The molecule has 1 nitrogen and oxygen atoms in total. The van der Waals surface area contributed by atoms with Crippen LogP contribution in [0, 0.1) is 5.92 Å². The van der Waals surface area contributed by atoms with Gasteiger partial charge in [-0.25, -0.2) is 0 Å². The quantitative estimate of drug-likeness (QED) is 0.579. The monoisotopic (exact) mass is 301 g/mol. The standard InChI is InChI=1S/C10H21N.F6P/c1-3-4-7-11-8-5-6-10(2)9-11;1-7(2,3,4,5)6/h10H,3-9H2,1-2H3;/q;-1/p+1. The fraction of sp³-hybridized carbons (Fsp3) is 1.00. The molecule has 1 rings (SSSR count). The Hall–Kier alpha value is -0.0300. The van der Waals surface area contributed by atoms with Gasteiger partial charge < -0.3 is 4.90 Å². The predicted molar refractivity (Wildman–Crippen MR) is 62.4 cm³/mol. The molecule has 0 radical (unpaired) electrons. The van der Waals surface area contributed by atoms with Crippen molar-refractivity contribution in [2.24, 2.45) is 5.92 Å². The first-order chi connectivity index (χ1) is 7.78. The van der Waals surface area contributed by atoms with Crippen molar-refractivity contribution in [2.45, 2.75) is 39.5 Å². The number of hydrogen-bond acceptors (Lipinski definition) is 0. The summed E-state index contributed by atoms with van der Waals surface area (Å²) in [7, 11) is -10.7. The molecule has 0 bridgehead atoms. The van der Waals surface area contributed by atoms with E-state index in [1.165, 1.54) is 45.3 Å². The number of likely N-dealkylation sites (tertiary alicyclic amines) is 1. The van der Waals surface area contributed by atoms with Crippen molar-refractivity contribution >= 4 is 7.81 Å². The van der Waals surface area contributed by atoms with Gasteiger partial charge in [0.15, 0.2) is 0 Å². The Morgan fingerprint density at radius 2 is 1.61 bits per heavy atom. The van der Waals surface area contributed by atoms with Gasteiger partial charge in [-0.1, -0.05) is 20.3 Å². The minimum absolute atomic E-state index is 0.982. The third kappa shape index (κ3) is 18.3. The Labute approximate surface area is 104 Å². The normalized spacial score (nSPS) is 28.7. The van der Waals surface area contributed by atoms with E-state index in [0.717, 1.165) is 5.92 Å². The summed E-state index contributed by atoms with van der Waals surface area (Å²) in [6, 6.07) is 0. The Morgan fingerprint density at radius 3 is 2.00 bits per heavy atom. The van der Waals surface area contributed by atoms with E-state index >= 15 is 0 Å². The second kappa shape index (κ2) is 5.53. The zero-order valence-corrected chi connectivity index (χ0v) is 11.6. The predicted octanol–water partition coefficient (Wildman–Crippen LogP) is 4.48. The molecule has 1 saturated heterocycles. The minimum atomic E-state index is -10.7. The van der Waals surface area contributed by atoms with Crippen molar-refractivity contribution in [2.75, 3.05) is 19.6 Å². The molecule has 2 atom stereocenters. The molecule has 18 heavy (non-hydrogen) atoms. The molecular formula is C10H22F6NP. The fourth-order valence-electron chi connectivity index (χ4n) is 2.05. The average Bonchev–Trinajstić information content (AvgIpc) is 2.10. The zero-order valence-electron chi connectivity index (χ0n) is 10.7. The van der Waals surface area contributed by atoms with Crippen molar-refractivity contribution in [3.63, 3.8) is 0 Å². The summed E-state index contributed by atoms with van der Waals surface area (Å²) in [6.45, 7) is 8.96. The van der Waals surface area contributed by atoms with Crippen LogP contribution >= 0.6 is 7.81 Å². The first kappa shape index (κ1) is 18.0. The van der Waals surface area contributed by atoms with Crippen molar-refractivity contribution in [3.8, 4) is 0 Å². The molecule has 0 aliphatic carbocycles. The van der Waals surface area contributed by atoms with Gasteiger partial charge in [-0.2, -0.15) is 0 Å². The maximum atomic E-state index is 9.87. The van der Waals surface area contributed by atoms with Gasteiger partial charge in [0, 0.05) is 5.92 Å². The third-order valence-electron chi connectivity index (χ3n) is 2.75. The molecule has 1 heterocycles. The van der Waals surface area contributed by atoms with Crippen molar-refractivity contribution < 1.29 is 30.1 Å². The molecule has 0 spiro atoms. The van der Waals surface area contributed by atoms with E-state index < -0.39 is 7.81 Å². The molecule has 1 aliphatic rings. The van der Waals surface area contributed by atoms with Crippen LogP contribution in [0.15, 0.2) is 0 Å². The van der Waals surface area contributed by atoms with Gasteiger partial charge in [0.1, 0.15) is 0 Å². The van der Waals surface area contributed by atoms with Gasteiger partial charge in [-0.15, -0.1) is 0 Å². The van der Waals surface area contributed by atoms with Gasteiger partial charge in [-0.3, -0.25) is 0 Å². The summed E-state index contributed by atoms with van der Waals surface area (Å²) in [6.07, 6.45) is 5.70. The van der Waals surface area contributed by atoms with Crippen LogP contribution in [0.2, 0.25) is 0 Å². The average molecular weight is 301 g/mol. The van der Waals surface area contributed by atoms with Crippen LogP contribution in [0.5, 0.6) is 0 Å². The van der Waals surface area contributed by atoms with E-state index in [-0.39, 0.29) is 0 Å². The summed E-state index contributed by atoms with van der Waals surface area (Å²) >= 11 is 0. The number of piperidine rings is 1. The number of rotatable bonds is 3. The van der Waals surface area contributed by atoms with Gasteiger partial charge in [0.05, 0.1) is 19.6 Å². The first-order valence-electron chi connectivity index (χ1n) is 6.18. The van der Waals surface area contributed by atoms with Gasteiger partial charge in [0.25, 0.3) is 0 Å². The van der Waals surface area contributed by atoms with Crippen molar-refractivity contribution in [3.05, 3.63) is 0 Å². The fourth-order valence-corrected chi connectivity index (χ4v) is 2.05. The number of nitrogens with one attached hydrogen (secondary N) is 1. The molecule has 8 heteroatoms.